The molecule has 0 aliphatic carbocycles. The van der Waals surface area contributed by atoms with Gasteiger partial charge in [-0.25, -0.2) is 9.37 Å². The van der Waals surface area contributed by atoms with E-state index in [1.165, 1.54) is 16.7 Å². The van der Waals surface area contributed by atoms with Crippen LogP contribution in [0.15, 0.2) is 102 Å². The van der Waals surface area contributed by atoms with Gasteiger partial charge in [-0.15, -0.1) is 0 Å². The lowest BCUT2D eigenvalue weighted by atomic mass is 10.0. The van der Waals surface area contributed by atoms with Crippen LogP contribution < -0.4 is 5.56 Å². The zero-order chi connectivity index (χ0) is 29.8. The van der Waals surface area contributed by atoms with E-state index in [-0.39, 0.29) is 17.9 Å². The van der Waals surface area contributed by atoms with Gasteiger partial charge in [-0.1, -0.05) is 66.7 Å². The maximum Gasteiger partial charge on any atom is 0.266 e. The number of likely N-dealkylation sites (N-methyl/N-ethyl adjacent to an activating group) is 1. The van der Waals surface area contributed by atoms with Crippen LogP contribution in [0.4, 0.5) is 4.39 Å². The van der Waals surface area contributed by atoms with E-state index >= 15 is 0 Å². The Balaban J connectivity index is 1.54. The smallest absolute Gasteiger partial charge is 0.266 e. The summed E-state index contributed by atoms with van der Waals surface area (Å²) in [6, 6.07) is 28.9. The average molecular weight is 563 g/mol. The summed E-state index contributed by atoms with van der Waals surface area (Å²) in [7, 11) is 3.92. The van der Waals surface area contributed by atoms with Crippen molar-refractivity contribution in [2.75, 3.05) is 27.2 Å². The Kier molecular flexibility index (Phi) is 8.59. The largest absolute Gasteiger partial charge is 0.331 e. The van der Waals surface area contributed by atoms with Crippen molar-refractivity contribution < 1.29 is 9.18 Å². The Morgan fingerprint density at radius 3 is 2.19 bits per heavy atom. The molecule has 1 atom stereocenters. The number of para-hydroxylation sites is 1. The quantitative estimate of drug-likeness (QED) is 0.215. The zero-order valence-corrected chi connectivity index (χ0v) is 24.4. The van der Waals surface area contributed by atoms with E-state index < -0.39 is 11.9 Å². The van der Waals surface area contributed by atoms with Gasteiger partial charge in [0.05, 0.1) is 29.1 Å². The second-order valence-electron chi connectivity index (χ2n) is 10.9. The molecule has 1 aromatic heterocycles. The fraction of sp³-hybridized carbons (Fsp3) is 0.229. The average Bonchev–Trinajstić information content (AvgIpc) is 2.99. The van der Waals surface area contributed by atoms with Gasteiger partial charge in [0, 0.05) is 13.1 Å². The number of hydrogen-bond acceptors (Lipinski definition) is 4. The molecule has 0 aliphatic rings. The first-order valence-electron chi connectivity index (χ1n) is 14.1. The lowest BCUT2D eigenvalue weighted by molar-refractivity contribution is -0.133. The molecule has 0 aliphatic heterocycles. The molecule has 7 heteroatoms. The highest BCUT2D eigenvalue weighted by Crippen LogP contribution is 2.26. The normalized spacial score (nSPS) is 12.0. The number of aryl methyl sites for hydroxylation is 1. The third-order valence-corrected chi connectivity index (χ3v) is 7.58. The molecule has 0 fully saturated rings. The van der Waals surface area contributed by atoms with E-state index in [4.69, 9.17) is 4.98 Å². The number of carbonyl (C=O) groups is 1. The predicted octanol–water partition coefficient (Wildman–Crippen LogP) is 6.19. The summed E-state index contributed by atoms with van der Waals surface area (Å²) >= 11 is 0. The minimum Gasteiger partial charge on any atom is -0.331 e. The van der Waals surface area contributed by atoms with Crippen molar-refractivity contribution in [3.05, 3.63) is 130 Å². The molecule has 0 radical (unpaired) electrons. The van der Waals surface area contributed by atoms with Crippen molar-refractivity contribution in [1.82, 2.24) is 19.4 Å². The van der Waals surface area contributed by atoms with Crippen LogP contribution in [-0.2, 0) is 11.2 Å². The third-order valence-electron chi connectivity index (χ3n) is 7.58. The summed E-state index contributed by atoms with van der Waals surface area (Å²) in [5.41, 5.74) is 4.81. The minimum atomic E-state index is -0.539. The molecule has 1 amide bonds. The summed E-state index contributed by atoms with van der Waals surface area (Å²) in [5, 5.41) is 0.472. The number of rotatable bonds is 9. The van der Waals surface area contributed by atoms with Crippen molar-refractivity contribution in [2.24, 2.45) is 0 Å². The van der Waals surface area contributed by atoms with E-state index in [2.05, 4.69) is 12.1 Å². The van der Waals surface area contributed by atoms with Crippen molar-refractivity contribution in [1.29, 1.82) is 0 Å². The van der Waals surface area contributed by atoms with Gasteiger partial charge in [0.2, 0.25) is 5.91 Å². The van der Waals surface area contributed by atoms with Gasteiger partial charge in [0.1, 0.15) is 11.6 Å². The van der Waals surface area contributed by atoms with Gasteiger partial charge in [0.15, 0.2) is 0 Å². The number of amides is 1. The van der Waals surface area contributed by atoms with E-state index in [1.54, 1.807) is 23.1 Å². The number of halogens is 1. The first-order chi connectivity index (χ1) is 20.2. The molecule has 5 rings (SSSR count). The van der Waals surface area contributed by atoms with Crippen LogP contribution in [0, 0.1) is 12.7 Å². The lowest BCUT2D eigenvalue weighted by Crippen LogP contribution is -2.41. The van der Waals surface area contributed by atoms with Crippen molar-refractivity contribution >= 4 is 16.8 Å². The van der Waals surface area contributed by atoms with E-state index in [0.29, 0.717) is 35.5 Å². The van der Waals surface area contributed by atoms with Crippen LogP contribution in [0.5, 0.6) is 0 Å². The van der Waals surface area contributed by atoms with Gasteiger partial charge < -0.3 is 9.80 Å². The fourth-order valence-corrected chi connectivity index (χ4v) is 5.19. The minimum absolute atomic E-state index is 0.0680. The highest BCUT2D eigenvalue weighted by Gasteiger charge is 2.27. The van der Waals surface area contributed by atoms with Crippen LogP contribution in [0.25, 0.3) is 27.7 Å². The molecule has 0 saturated carbocycles. The molecular formula is C35H35FN4O2. The molecule has 1 heterocycles. The Morgan fingerprint density at radius 2 is 1.52 bits per heavy atom. The van der Waals surface area contributed by atoms with Gasteiger partial charge >= 0.3 is 0 Å². The summed E-state index contributed by atoms with van der Waals surface area (Å²) < 4.78 is 15.4. The SMILES string of the molecule is Cc1cccc2c(=O)n(-c3ccc(F)cc3)c(C(C)N(CCN(C)C)C(=O)Cc3ccc(-c4ccccc4)cc3)nc12. The standard InChI is InChI=1S/C35H35FN4O2/c1-24-9-8-12-31-33(24)37-34(40(35(31)42)30-19-17-29(36)18-20-30)25(2)39(22-21-38(3)4)32(41)23-26-13-15-28(16-14-26)27-10-6-5-7-11-27/h5-20,25H,21-23H2,1-4H3. The maximum atomic E-state index is 13.9. The molecule has 214 valence electrons. The van der Waals surface area contributed by atoms with Gasteiger partial charge in [0.25, 0.3) is 5.56 Å². The van der Waals surface area contributed by atoms with E-state index in [9.17, 15) is 14.0 Å². The highest BCUT2D eigenvalue weighted by atomic mass is 19.1. The van der Waals surface area contributed by atoms with Crippen molar-refractivity contribution in [3.63, 3.8) is 0 Å². The Morgan fingerprint density at radius 1 is 0.857 bits per heavy atom. The topological polar surface area (TPSA) is 58.4 Å². The predicted molar refractivity (Wildman–Crippen MR) is 166 cm³/mol. The molecule has 4 aromatic carbocycles. The zero-order valence-electron chi connectivity index (χ0n) is 24.4. The number of carbonyl (C=O) groups excluding carboxylic acids is 1. The molecule has 42 heavy (non-hydrogen) atoms. The first kappa shape index (κ1) is 28.9. The third kappa shape index (κ3) is 6.16. The summed E-state index contributed by atoms with van der Waals surface area (Å²) in [5.74, 6) is -0.0337. The van der Waals surface area contributed by atoms with Crippen LogP contribution in [-0.4, -0.2) is 52.4 Å². The van der Waals surface area contributed by atoms with Gasteiger partial charge in [-0.3, -0.25) is 14.2 Å². The van der Waals surface area contributed by atoms with Crippen LogP contribution >= 0.6 is 0 Å². The second kappa shape index (κ2) is 12.5. The summed E-state index contributed by atoms with van der Waals surface area (Å²) in [4.78, 5) is 36.6. The number of nitrogens with zero attached hydrogens (tertiary/aromatic N) is 4. The Labute approximate surface area is 245 Å². The van der Waals surface area contributed by atoms with Crippen LogP contribution in [0.3, 0.4) is 0 Å². The monoisotopic (exact) mass is 562 g/mol. The Hall–Kier alpha value is -4.62. The number of fused-ring (bicyclic) bond motifs is 1. The number of benzene rings is 4. The first-order valence-corrected chi connectivity index (χ1v) is 14.1. The molecule has 6 nitrogen and oxygen atoms in total. The van der Waals surface area contributed by atoms with Crippen molar-refractivity contribution in [2.45, 2.75) is 26.3 Å². The second-order valence-corrected chi connectivity index (χ2v) is 10.9. The molecule has 5 aromatic rings. The van der Waals surface area contributed by atoms with Crippen LogP contribution in [0.1, 0.15) is 29.9 Å². The van der Waals surface area contributed by atoms with E-state index in [1.807, 2.05) is 87.4 Å². The number of aromatic nitrogens is 2. The van der Waals surface area contributed by atoms with Gasteiger partial charge in [-0.05, 0) is 80.5 Å². The van der Waals surface area contributed by atoms with E-state index in [0.717, 1.165) is 22.3 Å². The maximum absolute atomic E-state index is 13.9. The summed E-state index contributed by atoms with van der Waals surface area (Å²) in [6.45, 7) is 4.90. The lowest BCUT2D eigenvalue weighted by Gasteiger charge is -2.32. The molecule has 0 bridgehead atoms. The molecule has 0 saturated heterocycles. The Bertz CT molecular complexity index is 1750. The highest BCUT2D eigenvalue weighted by molar-refractivity contribution is 5.82. The van der Waals surface area contributed by atoms with Crippen molar-refractivity contribution in [3.8, 4) is 16.8 Å². The number of hydrogen-bond donors (Lipinski definition) is 0. The molecule has 0 N–H and O–H groups in total. The summed E-state index contributed by atoms with van der Waals surface area (Å²) in [6.07, 6.45) is 0.209. The fourth-order valence-electron chi connectivity index (χ4n) is 5.19. The molecular weight excluding hydrogens is 527 g/mol. The van der Waals surface area contributed by atoms with Crippen LogP contribution in [0.2, 0.25) is 0 Å². The van der Waals surface area contributed by atoms with Gasteiger partial charge in [-0.2, -0.15) is 0 Å². The molecule has 0 spiro atoms. The molecule has 1 unspecified atom stereocenters.